The largest absolute Gasteiger partial charge is 0.328 e. The van der Waals surface area contributed by atoms with Crippen LogP contribution in [0.5, 0.6) is 0 Å². The number of fused-ring (bicyclic) bond motifs is 1. The number of aryl methyl sites for hydroxylation is 1. The van der Waals surface area contributed by atoms with Crippen molar-refractivity contribution in [3.05, 3.63) is 107 Å². The minimum atomic E-state index is -0.577. The number of halogens is 1. The standard InChI is InChI=1S/C26H23FN6OS/c1-16-9-3-6-12-20(16)30-24(34)22-17(2)29-25-31-26(35-15-18-10-4-5-11-19(18)27)32-33(25)23(22)21-13-7-8-14-28-21/h3-14,23H,15H2,1-2H3,(H,30,34)(H,29,31,32)/t23-/m1/s1. The quantitative estimate of drug-likeness (QED) is 0.358. The van der Waals surface area contributed by atoms with E-state index in [0.29, 0.717) is 39.4 Å². The van der Waals surface area contributed by atoms with Crippen LogP contribution in [0.4, 0.5) is 16.0 Å². The highest BCUT2D eigenvalue weighted by atomic mass is 32.2. The minimum Gasteiger partial charge on any atom is -0.328 e. The zero-order valence-corrected chi connectivity index (χ0v) is 20.0. The molecule has 9 heteroatoms. The first-order valence-corrected chi connectivity index (χ1v) is 12.1. The predicted molar refractivity (Wildman–Crippen MR) is 134 cm³/mol. The van der Waals surface area contributed by atoms with Crippen molar-refractivity contribution in [3.63, 3.8) is 0 Å². The van der Waals surface area contributed by atoms with E-state index in [-0.39, 0.29) is 11.7 Å². The number of allylic oxidation sites excluding steroid dienone is 1. The van der Waals surface area contributed by atoms with Crippen LogP contribution >= 0.6 is 11.8 Å². The predicted octanol–water partition coefficient (Wildman–Crippen LogP) is 5.34. The number of nitrogens with one attached hydrogen (secondary N) is 2. The summed E-state index contributed by atoms with van der Waals surface area (Å²) in [5.41, 5.74) is 4.10. The van der Waals surface area contributed by atoms with Gasteiger partial charge in [0.15, 0.2) is 0 Å². The highest BCUT2D eigenvalue weighted by Crippen LogP contribution is 2.36. The number of anilines is 2. The zero-order valence-electron chi connectivity index (χ0n) is 19.2. The second kappa shape index (κ2) is 9.71. The molecule has 2 aromatic carbocycles. The molecule has 1 atom stereocenters. The van der Waals surface area contributed by atoms with Gasteiger partial charge in [0.2, 0.25) is 11.1 Å². The van der Waals surface area contributed by atoms with E-state index < -0.39 is 6.04 Å². The van der Waals surface area contributed by atoms with Crippen molar-refractivity contribution in [3.8, 4) is 0 Å². The van der Waals surface area contributed by atoms with Gasteiger partial charge in [-0.15, -0.1) is 5.10 Å². The number of carbonyl (C=O) groups excluding carboxylic acids is 1. The molecule has 176 valence electrons. The van der Waals surface area contributed by atoms with Crippen molar-refractivity contribution >= 4 is 29.3 Å². The summed E-state index contributed by atoms with van der Waals surface area (Å²) in [6, 6.07) is 19.3. The molecule has 0 saturated heterocycles. The van der Waals surface area contributed by atoms with Crippen LogP contribution in [0.25, 0.3) is 0 Å². The van der Waals surface area contributed by atoms with E-state index in [1.807, 2.05) is 56.3 Å². The van der Waals surface area contributed by atoms with E-state index in [1.54, 1.807) is 29.1 Å². The highest BCUT2D eigenvalue weighted by Gasteiger charge is 2.35. The SMILES string of the molecule is CC1=C(C(=O)Nc2ccccc2C)[C@@H](c2ccccn2)n2nc(SCc3ccccc3F)nc2N1. The molecule has 2 N–H and O–H groups in total. The minimum absolute atomic E-state index is 0.248. The van der Waals surface area contributed by atoms with E-state index in [2.05, 4.69) is 25.7 Å². The van der Waals surface area contributed by atoms with Crippen molar-refractivity contribution < 1.29 is 9.18 Å². The van der Waals surface area contributed by atoms with Gasteiger partial charge in [0.05, 0.1) is 11.3 Å². The Hall–Kier alpha value is -3.98. The first-order chi connectivity index (χ1) is 17.0. The number of hydrogen-bond donors (Lipinski definition) is 2. The summed E-state index contributed by atoms with van der Waals surface area (Å²) < 4.78 is 15.7. The summed E-state index contributed by atoms with van der Waals surface area (Å²) in [6.07, 6.45) is 1.69. The van der Waals surface area contributed by atoms with Gasteiger partial charge in [0.25, 0.3) is 5.91 Å². The van der Waals surface area contributed by atoms with Crippen molar-refractivity contribution in [1.29, 1.82) is 0 Å². The fourth-order valence-corrected chi connectivity index (χ4v) is 4.77. The van der Waals surface area contributed by atoms with Gasteiger partial charge in [-0.2, -0.15) is 4.98 Å². The second-order valence-corrected chi connectivity index (χ2v) is 9.07. The van der Waals surface area contributed by atoms with Crippen LogP contribution in [0.15, 0.2) is 89.4 Å². The van der Waals surface area contributed by atoms with E-state index in [9.17, 15) is 9.18 Å². The van der Waals surface area contributed by atoms with Crippen molar-refractivity contribution in [2.45, 2.75) is 30.8 Å². The Morgan fingerprint density at radius 1 is 1.09 bits per heavy atom. The Bertz CT molecular complexity index is 1420. The lowest BCUT2D eigenvalue weighted by Gasteiger charge is -2.28. The van der Waals surface area contributed by atoms with E-state index >= 15 is 0 Å². The molecule has 0 radical (unpaired) electrons. The number of pyridine rings is 1. The molecule has 0 saturated carbocycles. The molecule has 5 rings (SSSR count). The van der Waals surface area contributed by atoms with Gasteiger partial charge in [0, 0.05) is 23.3 Å². The van der Waals surface area contributed by atoms with Crippen LogP contribution in [0.1, 0.15) is 29.8 Å². The molecule has 0 bridgehead atoms. The van der Waals surface area contributed by atoms with Crippen LogP contribution in [0.3, 0.4) is 0 Å². The average molecular weight is 487 g/mol. The monoisotopic (exact) mass is 486 g/mol. The number of nitrogens with zero attached hydrogens (tertiary/aromatic N) is 4. The Kier molecular flexibility index (Phi) is 6.33. The van der Waals surface area contributed by atoms with Gasteiger partial charge in [-0.25, -0.2) is 9.07 Å². The number of hydrogen-bond acceptors (Lipinski definition) is 6. The number of carbonyl (C=O) groups is 1. The molecular weight excluding hydrogens is 463 g/mol. The van der Waals surface area contributed by atoms with Gasteiger partial charge in [-0.05, 0) is 49.2 Å². The Morgan fingerprint density at radius 3 is 2.63 bits per heavy atom. The Labute approximate surface area is 206 Å². The zero-order chi connectivity index (χ0) is 24.4. The van der Waals surface area contributed by atoms with Gasteiger partial charge in [0.1, 0.15) is 11.9 Å². The van der Waals surface area contributed by atoms with Crippen molar-refractivity contribution in [1.82, 2.24) is 19.7 Å². The fourth-order valence-electron chi connectivity index (χ4n) is 3.96. The van der Waals surface area contributed by atoms with Crippen LogP contribution in [0, 0.1) is 12.7 Å². The molecule has 0 spiro atoms. The van der Waals surface area contributed by atoms with Crippen LogP contribution in [0.2, 0.25) is 0 Å². The van der Waals surface area contributed by atoms with Gasteiger partial charge in [-0.3, -0.25) is 9.78 Å². The normalized spacial score (nSPS) is 14.9. The third-order valence-electron chi connectivity index (χ3n) is 5.75. The number of amides is 1. The molecule has 1 aliphatic heterocycles. The first kappa shape index (κ1) is 22.8. The molecule has 3 heterocycles. The molecule has 35 heavy (non-hydrogen) atoms. The summed E-state index contributed by atoms with van der Waals surface area (Å²) in [5.74, 6) is 0.377. The maximum absolute atomic E-state index is 14.1. The summed E-state index contributed by atoms with van der Waals surface area (Å²) in [5, 5.41) is 11.4. The highest BCUT2D eigenvalue weighted by molar-refractivity contribution is 7.98. The lowest BCUT2D eigenvalue weighted by molar-refractivity contribution is -0.113. The van der Waals surface area contributed by atoms with Crippen molar-refractivity contribution in [2.24, 2.45) is 0 Å². The molecule has 7 nitrogen and oxygen atoms in total. The molecule has 0 unspecified atom stereocenters. The summed E-state index contributed by atoms with van der Waals surface area (Å²) in [6.45, 7) is 3.79. The average Bonchev–Trinajstić information content (AvgIpc) is 3.27. The summed E-state index contributed by atoms with van der Waals surface area (Å²) >= 11 is 1.33. The number of rotatable bonds is 6. The molecule has 0 aliphatic carbocycles. The smallest absolute Gasteiger partial charge is 0.255 e. The van der Waals surface area contributed by atoms with Crippen molar-refractivity contribution in [2.75, 3.05) is 10.6 Å². The molecule has 4 aromatic rings. The third-order valence-corrected chi connectivity index (χ3v) is 6.64. The molecule has 2 aromatic heterocycles. The van der Waals surface area contributed by atoms with E-state index in [1.165, 1.54) is 17.8 Å². The molecule has 0 fully saturated rings. The van der Waals surface area contributed by atoms with E-state index in [4.69, 9.17) is 0 Å². The molecule has 1 amide bonds. The Balaban J connectivity index is 1.49. The van der Waals surface area contributed by atoms with Gasteiger partial charge >= 0.3 is 0 Å². The topological polar surface area (TPSA) is 84.7 Å². The first-order valence-electron chi connectivity index (χ1n) is 11.1. The third kappa shape index (κ3) is 4.67. The lowest BCUT2D eigenvalue weighted by Crippen LogP contribution is -2.32. The lowest BCUT2D eigenvalue weighted by atomic mass is 9.98. The summed E-state index contributed by atoms with van der Waals surface area (Å²) in [4.78, 5) is 22.7. The molecule has 1 aliphatic rings. The van der Waals surface area contributed by atoms with Crippen LogP contribution in [-0.2, 0) is 10.5 Å². The number of aromatic nitrogens is 4. The number of thioether (sulfide) groups is 1. The maximum atomic E-state index is 14.1. The molecular formula is C26H23FN6OS. The van der Waals surface area contributed by atoms with E-state index in [0.717, 1.165) is 11.3 Å². The second-order valence-electron chi connectivity index (χ2n) is 8.13. The summed E-state index contributed by atoms with van der Waals surface area (Å²) in [7, 11) is 0. The van der Waals surface area contributed by atoms with Crippen LogP contribution in [-0.4, -0.2) is 25.7 Å². The van der Waals surface area contributed by atoms with Gasteiger partial charge in [-0.1, -0.05) is 54.2 Å². The number of para-hydroxylation sites is 1. The van der Waals surface area contributed by atoms with Gasteiger partial charge < -0.3 is 10.6 Å². The maximum Gasteiger partial charge on any atom is 0.255 e. The number of benzene rings is 2. The fraction of sp³-hybridized carbons (Fsp3) is 0.154. The Morgan fingerprint density at radius 2 is 1.86 bits per heavy atom. The van der Waals surface area contributed by atoms with Crippen LogP contribution < -0.4 is 10.6 Å².